The third-order valence-electron chi connectivity index (χ3n) is 4.71. The second-order valence-corrected chi connectivity index (χ2v) is 6.34. The topological polar surface area (TPSA) is 55.2 Å². The first-order chi connectivity index (χ1) is 11.6. The molecule has 1 aromatic carbocycles. The number of aryl methyl sites for hydroxylation is 2. The van der Waals surface area contributed by atoms with Crippen molar-refractivity contribution in [3.05, 3.63) is 53.3 Å². The van der Waals surface area contributed by atoms with Crippen molar-refractivity contribution in [2.75, 3.05) is 6.54 Å². The van der Waals surface area contributed by atoms with E-state index in [9.17, 15) is 9.59 Å². The monoisotopic (exact) mass is 325 g/mol. The molecule has 0 radical (unpaired) electrons. The number of amides is 1. The fourth-order valence-corrected chi connectivity index (χ4v) is 3.40. The van der Waals surface area contributed by atoms with E-state index in [1.54, 1.807) is 24.1 Å². The van der Waals surface area contributed by atoms with Crippen molar-refractivity contribution in [2.45, 2.75) is 38.6 Å². The molecule has 1 aliphatic rings. The van der Waals surface area contributed by atoms with Gasteiger partial charge in [0.25, 0.3) is 5.91 Å². The molecule has 2 aromatic rings. The van der Waals surface area contributed by atoms with Crippen molar-refractivity contribution < 1.29 is 9.59 Å². The summed E-state index contributed by atoms with van der Waals surface area (Å²) in [6.45, 7) is 2.78. The van der Waals surface area contributed by atoms with Gasteiger partial charge in [-0.05, 0) is 30.9 Å². The van der Waals surface area contributed by atoms with Crippen molar-refractivity contribution in [3.8, 4) is 0 Å². The lowest BCUT2D eigenvalue weighted by Crippen LogP contribution is -2.37. The molecule has 1 atom stereocenters. The molecule has 0 bridgehead atoms. The van der Waals surface area contributed by atoms with Crippen LogP contribution in [0.25, 0.3) is 0 Å². The van der Waals surface area contributed by atoms with E-state index in [1.807, 2.05) is 29.2 Å². The zero-order valence-electron chi connectivity index (χ0n) is 14.2. The van der Waals surface area contributed by atoms with E-state index in [-0.39, 0.29) is 17.7 Å². The Morgan fingerprint density at radius 2 is 2.08 bits per heavy atom. The van der Waals surface area contributed by atoms with E-state index in [0.717, 1.165) is 36.9 Å². The molecule has 5 nitrogen and oxygen atoms in total. The summed E-state index contributed by atoms with van der Waals surface area (Å²) in [5.41, 5.74) is 2.44. The molecule has 1 aliphatic heterocycles. The van der Waals surface area contributed by atoms with E-state index in [4.69, 9.17) is 0 Å². The molecule has 126 valence electrons. The van der Waals surface area contributed by atoms with E-state index in [0.29, 0.717) is 12.0 Å². The van der Waals surface area contributed by atoms with Crippen molar-refractivity contribution in [3.63, 3.8) is 0 Å². The molecular weight excluding hydrogens is 302 g/mol. The van der Waals surface area contributed by atoms with Crippen LogP contribution in [0.3, 0.4) is 0 Å². The smallest absolute Gasteiger partial charge is 0.254 e. The summed E-state index contributed by atoms with van der Waals surface area (Å²) >= 11 is 0. The normalized spacial score (nSPS) is 17.2. The summed E-state index contributed by atoms with van der Waals surface area (Å²) in [5, 5.41) is 4.05. The number of hydrogen-bond acceptors (Lipinski definition) is 3. The van der Waals surface area contributed by atoms with Gasteiger partial charge in [0.1, 0.15) is 0 Å². The number of carbonyl (C=O) groups is 2. The SMILES string of the molecule is CCc1ccccc1C(=O)N1CCC[C@@H]1CC(=O)c1cnn(C)c1. The molecule has 2 heterocycles. The fraction of sp³-hybridized carbons (Fsp3) is 0.421. The van der Waals surface area contributed by atoms with Gasteiger partial charge in [-0.25, -0.2) is 0 Å². The van der Waals surface area contributed by atoms with Crippen LogP contribution in [0.5, 0.6) is 0 Å². The third-order valence-corrected chi connectivity index (χ3v) is 4.71. The minimum atomic E-state index is -0.0184. The second-order valence-electron chi connectivity index (χ2n) is 6.34. The van der Waals surface area contributed by atoms with Crippen LogP contribution in [-0.2, 0) is 13.5 Å². The first-order valence-corrected chi connectivity index (χ1v) is 8.51. The minimum absolute atomic E-state index is 0.0184. The number of benzene rings is 1. The zero-order chi connectivity index (χ0) is 17.1. The average molecular weight is 325 g/mol. The summed E-state index contributed by atoms with van der Waals surface area (Å²) in [7, 11) is 1.80. The fourth-order valence-electron chi connectivity index (χ4n) is 3.40. The Morgan fingerprint density at radius 3 is 2.79 bits per heavy atom. The Kier molecular flexibility index (Phi) is 4.79. The van der Waals surface area contributed by atoms with Crippen LogP contribution >= 0.6 is 0 Å². The molecule has 1 fully saturated rings. The van der Waals surface area contributed by atoms with Gasteiger partial charge >= 0.3 is 0 Å². The predicted molar refractivity (Wildman–Crippen MR) is 92.0 cm³/mol. The quantitative estimate of drug-likeness (QED) is 0.794. The highest BCUT2D eigenvalue weighted by molar-refractivity contribution is 5.98. The van der Waals surface area contributed by atoms with Crippen LogP contribution in [-0.4, -0.2) is 39.0 Å². The number of carbonyl (C=O) groups excluding carboxylic acids is 2. The number of nitrogens with zero attached hydrogens (tertiary/aromatic N) is 3. The van der Waals surface area contributed by atoms with Crippen LogP contribution in [0, 0.1) is 0 Å². The Bertz CT molecular complexity index is 751. The van der Waals surface area contributed by atoms with Gasteiger partial charge < -0.3 is 4.90 Å². The maximum Gasteiger partial charge on any atom is 0.254 e. The molecule has 0 spiro atoms. The first-order valence-electron chi connectivity index (χ1n) is 8.51. The Labute approximate surface area is 142 Å². The molecular formula is C19H23N3O2. The first kappa shape index (κ1) is 16.4. The second kappa shape index (κ2) is 6.99. The number of ketones is 1. The van der Waals surface area contributed by atoms with Gasteiger partial charge in [0.15, 0.2) is 5.78 Å². The van der Waals surface area contributed by atoms with Crippen LogP contribution in [0.1, 0.15) is 52.5 Å². The maximum absolute atomic E-state index is 13.0. The predicted octanol–water partition coefficient (Wildman–Crippen LogP) is 2.86. The zero-order valence-corrected chi connectivity index (χ0v) is 14.2. The number of Topliss-reactive ketones (excluding diaryl/α,β-unsaturated/α-hetero) is 1. The Hall–Kier alpha value is -2.43. The summed E-state index contributed by atoms with van der Waals surface area (Å²) in [4.78, 5) is 27.3. The molecule has 3 rings (SSSR count). The van der Waals surface area contributed by atoms with Gasteiger partial charge in [-0.2, -0.15) is 5.10 Å². The van der Waals surface area contributed by atoms with E-state index in [1.165, 1.54) is 0 Å². The number of likely N-dealkylation sites (tertiary alicyclic amines) is 1. The van der Waals surface area contributed by atoms with Gasteiger partial charge in [0.2, 0.25) is 0 Å². The number of hydrogen-bond donors (Lipinski definition) is 0. The van der Waals surface area contributed by atoms with E-state index < -0.39 is 0 Å². The van der Waals surface area contributed by atoms with Crippen LogP contribution < -0.4 is 0 Å². The van der Waals surface area contributed by atoms with E-state index >= 15 is 0 Å². The number of rotatable bonds is 5. The lowest BCUT2D eigenvalue weighted by atomic mass is 10.0. The Morgan fingerprint density at radius 1 is 1.29 bits per heavy atom. The number of aromatic nitrogens is 2. The highest BCUT2D eigenvalue weighted by atomic mass is 16.2. The van der Waals surface area contributed by atoms with Crippen molar-refractivity contribution in [1.29, 1.82) is 0 Å². The molecule has 1 amide bonds. The van der Waals surface area contributed by atoms with Gasteiger partial charge in [0.05, 0.1) is 11.8 Å². The Balaban J connectivity index is 1.75. The van der Waals surface area contributed by atoms with Gasteiger partial charge in [-0.15, -0.1) is 0 Å². The van der Waals surface area contributed by atoms with E-state index in [2.05, 4.69) is 12.0 Å². The van der Waals surface area contributed by atoms with Gasteiger partial charge in [-0.3, -0.25) is 14.3 Å². The van der Waals surface area contributed by atoms with Gasteiger partial charge in [0, 0.05) is 37.8 Å². The van der Waals surface area contributed by atoms with Crippen molar-refractivity contribution in [2.24, 2.45) is 7.05 Å². The van der Waals surface area contributed by atoms with Gasteiger partial charge in [-0.1, -0.05) is 25.1 Å². The highest BCUT2D eigenvalue weighted by Gasteiger charge is 2.32. The summed E-state index contributed by atoms with van der Waals surface area (Å²) in [5.74, 6) is 0.102. The molecule has 24 heavy (non-hydrogen) atoms. The highest BCUT2D eigenvalue weighted by Crippen LogP contribution is 2.25. The largest absolute Gasteiger partial charge is 0.335 e. The maximum atomic E-state index is 13.0. The molecule has 0 N–H and O–H groups in total. The molecule has 0 aliphatic carbocycles. The molecule has 0 unspecified atom stereocenters. The lowest BCUT2D eigenvalue weighted by Gasteiger charge is -2.25. The summed E-state index contributed by atoms with van der Waals surface area (Å²) in [6.07, 6.45) is 6.35. The molecule has 5 heteroatoms. The summed E-state index contributed by atoms with van der Waals surface area (Å²) in [6, 6.07) is 7.73. The van der Waals surface area contributed by atoms with Crippen LogP contribution in [0.4, 0.5) is 0 Å². The summed E-state index contributed by atoms with van der Waals surface area (Å²) < 4.78 is 1.63. The minimum Gasteiger partial charge on any atom is -0.335 e. The van der Waals surface area contributed by atoms with Crippen LogP contribution in [0.15, 0.2) is 36.7 Å². The van der Waals surface area contributed by atoms with Crippen molar-refractivity contribution in [1.82, 2.24) is 14.7 Å². The van der Waals surface area contributed by atoms with Crippen LogP contribution in [0.2, 0.25) is 0 Å². The lowest BCUT2D eigenvalue weighted by molar-refractivity contribution is 0.0716. The average Bonchev–Trinajstić information content (AvgIpc) is 3.23. The molecule has 0 saturated carbocycles. The standard InChI is InChI=1S/C19H23N3O2/c1-3-14-7-4-5-9-17(14)19(24)22-10-6-8-16(22)11-18(23)15-12-20-21(2)13-15/h4-5,7,9,12-13,16H,3,6,8,10-11H2,1-2H3/t16-/m1/s1. The molecule has 1 aromatic heterocycles. The van der Waals surface area contributed by atoms with Crippen molar-refractivity contribution >= 4 is 11.7 Å². The molecule has 1 saturated heterocycles. The third kappa shape index (κ3) is 3.25.